The molecule has 0 bridgehead atoms. The number of halogens is 1. The van der Waals surface area contributed by atoms with Gasteiger partial charge in [0.15, 0.2) is 0 Å². The van der Waals surface area contributed by atoms with E-state index < -0.39 is 0 Å². The molecule has 1 aliphatic heterocycles. The van der Waals surface area contributed by atoms with E-state index in [1.807, 2.05) is 60.7 Å². The van der Waals surface area contributed by atoms with Crippen molar-refractivity contribution in [1.82, 2.24) is 0 Å². The largest absolute Gasteiger partial charge is 0.508 e. The van der Waals surface area contributed by atoms with E-state index in [2.05, 4.69) is 5.32 Å². The predicted octanol–water partition coefficient (Wildman–Crippen LogP) is 6.05. The Morgan fingerprint density at radius 3 is 2.53 bits per heavy atom. The number of aliphatic imine (C=N–C) groups is 1. The maximum atomic E-state index is 13.4. The first kappa shape index (κ1) is 18.9. The minimum absolute atomic E-state index is 0.0832. The van der Waals surface area contributed by atoms with Crippen LogP contribution in [0, 0.1) is 5.92 Å². The maximum Gasteiger partial charge on any atom is 0.144 e. The van der Waals surface area contributed by atoms with E-state index in [9.17, 15) is 9.90 Å². The van der Waals surface area contributed by atoms with Gasteiger partial charge in [0.1, 0.15) is 11.5 Å². The minimum Gasteiger partial charge on any atom is -0.508 e. The molecule has 2 aliphatic rings. The van der Waals surface area contributed by atoms with Gasteiger partial charge >= 0.3 is 0 Å². The standard InChI is InChI=1S/C25H21ClN2O2/c26-18-10-8-15(9-11-18)17-13-22-24(23(30)14-17)25(16-4-3-5-19(29)12-16)28-21-7-2-1-6-20(21)27-22/h1-12,17,24-25,28-29H,13-14H2. The molecule has 1 saturated carbocycles. The number of fused-ring (bicyclic) bond motifs is 2. The van der Waals surface area contributed by atoms with Crippen LogP contribution in [-0.2, 0) is 4.79 Å². The normalized spacial score (nSPS) is 22.9. The number of nitrogens with zero attached hydrogens (tertiary/aromatic N) is 1. The summed E-state index contributed by atoms with van der Waals surface area (Å²) in [5, 5.41) is 14.2. The number of carbonyl (C=O) groups excluding carboxylic acids is 1. The summed E-state index contributed by atoms with van der Waals surface area (Å²) in [6.45, 7) is 0. The van der Waals surface area contributed by atoms with Crippen molar-refractivity contribution < 1.29 is 9.90 Å². The lowest BCUT2D eigenvalue weighted by molar-refractivity contribution is -0.122. The molecular formula is C25H21ClN2O2. The minimum atomic E-state index is -0.372. The van der Waals surface area contributed by atoms with E-state index in [-0.39, 0.29) is 29.4 Å². The molecule has 3 unspecified atom stereocenters. The fourth-order valence-corrected chi connectivity index (χ4v) is 4.69. The number of phenolic OH excluding ortho intramolecular Hbond substituents is 1. The number of rotatable bonds is 2. The van der Waals surface area contributed by atoms with Gasteiger partial charge in [0, 0.05) is 17.2 Å². The molecule has 0 amide bonds. The lowest BCUT2D eigenvalue weighted by Crippen LogP contribution is -2.38. The van der Waals surface area contributed by atoms with Gasteiger partial charge in [-0.25, -0.2) is 0 Å². The van der Waals surface area contributed by atoms with Crippen LogP contribution in [0.4, 0.5) is 11.4 Å². The fraction of sp³-hybridized carbons (Fsp3) is 0.200. The summed E-state index contributed by atoms with van der Waals surface area (Å²) in [4.78, 5) is 18.4. The van der Waals surface area contributed by atoms with Crippen LogP contribution in [0.15, 0.2) is 77.8 Å². The van der Waals surface area contributed by atoms with Crippen molar-refractivity contribution >= 4 is 34.5 Å². The molecule has 1 aliphatic carbocycles. The number of nitrogens with one attached hydrogen (secondary N) is 1. The third-order valence-electron chi connectivity index (χ3n) is 5.99. The SMILES string of the molecule is O=C1CC(c2ccc(Cl)cc2)CC2=Nc3ccccc3NC(c3cccc(O)c3)C12. The van der Waals surface area contributed by atoms with Gasteiger partial charge in [-0.2, -0.15) is 0 Å². The summed E-state index contributed by atoms with van der Waals surface area (Å²) in [7, 11) is 0. The summed E-state index contributed by atoms with van der Waals surface area (Å²) in [6.07, 6.45) is 1.17. The molecule has 0 saturated heterocycles. The summed E-state index contributed by atoms with van der Waals surface area (Å²) in [6, 6.07) is 22.4. The number of hydrogen-bond acceptors (Lipinski definition) is 4. The monoisotopic (exact) mass is 416 g/mol. The van der Waals surface area contributed by atoms with Crippen molar-refractivity contribution in [3.05, 3.63) is 88.9 Å². The predicted molar refractivity (Wildman–Crippen MR) is 120 cm³/mol. The van der Waals surface area contributed by atoms with Crippen LogP contribution in [0.25, 0.3) is 0 Å². The van der Waals surface area contributed by atoms with Gasteiger partial charge in [-0.3, -0.25) is 9.79 Å². The van der Waals surface area contributed by atoms with Gasteiger partial charge in [0.25, 0.3) is 0 Å². The van der Waals surface area contributed by atoms with Crippen molar-refractivity contribution in [2.24, 2.45) is 10.9 Å². The fourth-order valence-electron chi connectivity index (χ4n) is 4.56. The highest BCUT2D eigenvalue weighted by Gasteiger charge is 2.41. The Labute approximate surface area is 180 Å². The van der Waals surface area contributed by atoms with Crippen molar-refractivity contribution in [3.63, 3.8) is 0 Å². The molecule has 3 aromatic rings. The molecule has 1 heterocycles. The Bertz CT molecular complexity index is 1140. The molecule has 2 N–H and O–H groups in total. The molecule has 0 aromatic heterocycles. The number of aromatic hydroxyl groups is 1. The van der Waals surface area contributed by atoms with Crippen LogP contribution in [0.3, 0.4) is 0 Å². The average Bonchev–Trinajstić information content (AvgIpc) is 2.91. The molecule has 5 heteroatoms. The molecule has 150 valence electrons. The van der Waals surface area contributed by atoms with Crippen LogP contribution in [0.5, 0.6) is 5.75 Å². The van der Waals surface area contributed by atoms with Gasteiger partial charge in [-0.15, -0.1) is 0 Å². The lowest BCUT2D eigenvalue weighted by Gasteiger charge is -2.34. The van der Waals surface area contributed by atoms with E-state index in [1.54, 1.807) is 12.1 Å². The van der Waals surface area contributed by atoms with Gasteiger partial charge in [-0.05, 0) is 59.9 Å². The molecule has 3 atom stereocenters. The highest BCUT2D eigenvalue weighted by atomic mass is 35.5. The van der Waals surface area contributed by atoms with Crippen LogP contribution in [0.1, 0.15) is 35.9 Å². The number of carbonyl (C=O) groups is 1. The molecule has 1 fully saturated rings. The Balaban J connectivity index is 1.59. The van der Waals surface area contributed by atoms with Gasteiger partial charge in [0.05, 0.1) is 23.3 Å². The smallest absolute Gasteiger partial charge is 0.144 e. The highest BCUT2D eigenvalue weighted by molar-refractivity contribution is 6.30. The van der Waals surface area contributed by atoms with Crippen molar-refractivity contribution in [1.29, 1.82) is 0 Å². The Morgan fingerprint density at radius 1 is 0.933 bits per heavy atom. The van der Waals surface area contributed by atoms with Crippen LogP contribution >= 0.6 is 11.6 Å². The summed E-state index contributed by atoms with van der Waals surface area (Å²) in [5.74, 6) is 0.0591. The van der Waals surface area contributed by atoms with E-state index in [4.69, 9.17) is 16.6 Å². The van der Waals surface area contributed by atoms with Crippen molar-refractivity contribution in [2.75, 3.05) is 5.32 Å². The maximum absolute atomic E-state index is 13.4. The molecule has 30 heavy (non-hydrogen) atoms. The third-order valence-corrected chi connectivity index (χ3v) is 6.24. The first-order chi connectivity index (χ1) is 14.6. The second kappa shape index (κ2) is 7.62. The number of benzene rings is 3. The highest BCUT2D eigenvalue weighted by Crippen LogP contribution is 2.44. The molecule has 3 aromatic carbocycles. The molecule has 5 rings (SSSR count). The topological polar surface area (TPSA) is 61.7 Å². The number of ketones is 1. The second-order valence-corrected chi connectivity index (χ2v) is 8.37. The zero-order valence-corrected chi connectivity index (χ0v) is 17.0. The van der Waals surface area contributed by atoms with E-state index in [1.165, 1.54) is 0 Å². The number of hydrogen-bond donors (Lipinski definition) is 2. The average molecular weight is 417 g/mol. The Morgan fingerprint density at radius 2 is 1.73 bits per heavy atom. The van der Waals surface area contributed by atoms with E-state index >= 15 is 0 Å². The van der Waals surface area contributed by atoms with Gasteiger partial charge in [-0.1, -0.05) is 48.0 Å². The van der Waals surface area contributed by atoms with Crippen LogP contribution in [0.2, 0.25) is 5.02 Å². The summed E-state index contributed by atoms with van der Waals surface area (Å²) >= 11 is 6.05. The zero-order valence-electron chi connectivity index (χ0n) is 16.3. The number of para-hydroxylation sites is 2. The van der Waals surface area contributed by atoms with Crippen molar-refractivity contribution in [2.45, 2.75) is 24.8 Å². The summed E-state index contributed by atoms with van der Waals surface area (Å²) in [5.41, 5.74) is 4.60. The first-order valence-corrected chi connectivity index (χ1v) is 10.5. The van der Waals surface area contributed by atoms with E-state index in [0.717, 1.165) is 28.2 Å². The van der Waals surface area contributed by atoms with Crippen LogP contribution < -0.4 is 5.32 Å². The number of Topliss-reactive ketones (excluding diaryl/α,β-unsaturated/α-hetero) is 1. The molecule has 0 spiro atoms. The Kier molecular flexibility index (Phi) is 4.80. The zero-order chi connectivity index (χ0) is 20.7. The van der Waals surface area contributed by atoms with E-state index in [0.29, 0.717) is 17.9 Å². The molecule has 0 radical (unpaired) electrons. The quantitative estimate of drug-likeness (QED) is 0.534. The summed E-state index contributed by atoms with van der Waals surface area (Å²) < 4.78 is 0. The Hall–Kier alpha value is -3.11. The molecule has 4 nitrogen and oxygen atoms in total. The second-order valence-electron chi connectivity index (χ2n) is 7.94. The first-order valence-electron chi connectivity index (χ1n) is 10.1. The van der Waals surface area contributed by atoms with Gasteiger partial charge in [0.2, 0.25) is 0 Å². The third kappa shape index (κ3) is 3.48. The molecular weight excluding hydrogens is 396 g/mol. The van der Waals surface area contributed by atoms with Crippen LogP contribution in [-0.4, -0.2) is 16.6 Å². The van der Waals surface area contributed by atoms with Gasteiger partial charge < -0.3 is 10.4 Å². The number of anilines is 1. The lowest BCUT2D eigenvalue weighted by atomic mass is 9.72. The number of phenols is 1. The van der Waals surface area contributed by atoms with Crippen molar-refractivity contribution in [3.8, 4) is 5.75 Å².